The van der Waals surface area contributed by atoms with E-state index in [9.17, 15) is 9.59 Å². The Kier molecular flexibility index (Phi) is 6.10. The van der Waals surface area contributed by atoms with E-state index in [1.54, 1.807) is 42.7 Å². The summed E-state index contributed by atoms with van der Waals surface area (Å²) in [6, 6.07) is 22.2. The molecule has 4 rings (SSSR count). The number of para-hydroxylation sites is 2. The van der Waals surface area contributed by atoms with Crippen LogP contribution < -0.4 is 10.6 Å². The molecule has 0 bridgehead atoms. The van der Waals surface area contributed by atoms with Gasteiger partial charge in [0, 0.05) is 5.39 Å². The minimum Gasteiger partial charge on any atom is -0.467 e. The summed E-state index contributed by atoms with van der Waals surface area (Å²) >= 11 is 1.35. The van der Waals surface area contributed by atoms with Crippen molar-refractivity contribution < 1.29 is 14.0 Å². The Balaban J connectivity index is 1.37. The molecule has 0 saturated heterocycles. The van der Waals surface area contributed by atoms with E-state index in [0.717, 1.165) is 15.9 Å². The number of rotatable bonds is 7. The van der Waals surface area contributed by atoms with Gasteiger partial charge in [0.2, 0.25) is 5.91 Å². The molecule has 150 valence electrons. The van der Waals surface area contributed by atoms with Gasteiger partial charge in [0.1, 0.15) is 5.76 Å². The number of amides is 2. The highest BCUT2D eigenvalue weighted by molar-refractivity contribution is 7.99. The molecular weight excluding hydrogens is 398 g/mol. The summed E-state index contributed by atoms with van der Waals surface area (Å²) in [7, 11) is 0. The fourth-order valence-electron chi connectivity index (χ4n) is 2.92. The molecule has 0 aliphatic rings. The van der Waals surface area contributed by atoms with E-state index in [4.69, 9.17) is 4.42 Å². The Morgan fingerprint density at radius 1 is 0.933 bits per heavy atom. The Morgan fingerprint density at radius 3 is 2.63 bits per heavy atom. The first-order valence-corrected chi connectivity index (χ1v) is 10.4. The van der Waals surface area contributed by atoms with Crippen LogP contribution in [0.5, 0.6) is 0 Å². The molecule has 2 heterocycles. The zero-order chi connectivity index (χ0) is 20.8. The molecule has 2 aromatic carbocycles. The van der Waals surface area contributed by atoms with Crippen LogP contribution in [-0.2, 0) is 11.3 Å². The van der Waals surface area contributed by atoms with Gasteiger partial charge >= 0.3 is 0 Å². The van der Waals surface area contributed by atoms with Gasteiger partial charge in [-0.3, -0.25) is 9.59 Å². The van der Waals surface area contributed by atoms with Crippen molar-refractivity contribution in [1.29, 1.82) is 0 Å². The molecule has 7 heteroatoms. The van der Waals surface area contributed by atoms with E-state index in [-0.39, 0.29) is 24.1 Å². The van der Waals surface area contributed by atoms with Crippen LogP contribution in [0.2, 0.25) is 0 Å². The van der Waals surface area contributed by atoms with Crippen molar-refractivity contribution in [3.63, 3.8) is 0 Å². The predicted octanol–water partition coefficient (Wildman–Crippen LogP) is 4.49. The number of anilines is 1. The molecule has 0 aliphatic heterocycles. The largest absolute Gasteiger partial charge is 0.467 e. The zero-order valence-electron chi connectivity index (χ0n) is 16.0. The van der Waals surface area contributed by atoms with Gasteiger partial charge in [-0.15, -0.1) is 0 Å². The van der Waals surface area contributed by atoms with Crippen LogP contribution in [0.4, 0.5) is 5.69 Å². The van der Waals surface area contributed by atoms with Crippen molar-refractivity contribution in [1.82, 2.24) is 10.3 Å². The van der Waals surface area contributed by atoms with Crippen molar-refractivity contribution in [3.05, 3.63) is 90.4 Å². The molecule has 0 fully saturated rings. The van der Waals surface area contributed by atoms with Crippen LogP contribution in [0.25, 0.3) is 10.9 Å². The molecule has 0 unspecified atom stereocenters. The standard InChI is InChI=1S/C23H19N3O3S/c27-21(15-30-22-12-11-16-6-1-3-9-19(16)26-22)25-20-10-4-2-8-18(20)23(28)24-14-17-7-5-13-29-17/h1-13H,14-15H2,(H,24,28)(H,25,27). The highest BCUT2D eigenvalue weighted by Crippen LogP contribution is 2.21. The van der Waals surface area contributed by atoms with Crippen LogP contribution in [0.1, 0.15) is 16.1 Å². The average molecular weight is 417 g/mol. The lowest BCUT2D eigenvalue weighted by atomic mass is 10.1. The van der Waals surface area contributed by atoms with Crippen molar-refractivity contribution in [2.24, 2.45) is 0 Å². The van der Waals surface area contributed by atoms with Gasteiger partial charge in [0.15, 0.2) is 0 Å². The molecule has 30 heavy (non-hydrogen) atoms. The topological polar surface area (TPSA) is 84.2 Å². The number of carbonyl (C=O) groups excluding carboxylic acids is 2. The first-order valence-electron chi connectivity index (χ1n) is 9.37. The summed E-state index contributed by atoms with van der Waals surface area (Å²) in [5.74, 6) is 0.352. The Bertz CT molecular complexity index is 1180. The number of thioether (sulfide) groups is 1. The minimum absolute atomic E-state index is 0.188. The summed E-state index contributed by atoms with van der Waals surface area (Å²) in [6.45, 7) is 0.275. The number of fused-ring (bicyclic) bond motifs is 1. The van der Waals surface area contributed by atoms with Gasteiger partial charge in [-0.05, 0) is 36.4 Å². The van der Waals surface area contributed by atoms with Gasteiger partial charge in [0.05, 0.1) is 40.4 Å². The lowest BCUT2D eigenvalue weighted by Gasteiger charge is -2.11. The predicted molar refractivity (Wildman–Crippen MR) is 117 cm³/mol. The maximum atomic E-state index is 12.5. The Hall–Kier alpha value is -3.58. The second-order valence-electron chi connectivity index (χ2n) is 6.49. The Morgan fingerprint density at radius 2 is 1.77 bits per heavy atom. The van der Waals surface area contributed by atoms with Crippen LogP contribution in [0.3, 0.4) is 0 Å². The van der Waals surface area contributed by atoms with Gasteiger partial charge < -0.3 is 15.1 Å². The summed E-state index contributed by atoms with van der Waals surface area (Å²) in [4.78, 5) is 29.5. The summed E-state index contributed by atoms with van der Waals surface area (Å²) < 4.78 is 5.22. The molecule has 2 aromatic heterocycles. The highest BCUT2D eigenvalue weighted by Gasteiger charge is 2.14. The lowest BCUT2D eigenvalue weighted by Crippen LogP contribution is -2.25. The fourth-order valence-corrected chi connectivity index (χ4v) is 3.60. The molecule has 0 saturated carbocycles. The smallest absolute Gasteiger partial charge is 0.253 e. The number of nitrogens with one attached hydrogen (secondary N) is 2. The molecule has 4 aromatic rings. The molecule has 0 aliphatic carbocycles. The van der Waals surface area contributed by atoms with E-state index >= 15 is 0 Å². The second-order valence-corrected chi connectivity index (χ2v) is 7.48. The Labute approximate surface area is 177 Å². The van der Waals surface area contributed by atoms with Gasteiger partial charge in [0.25, 0.3) is 5.91 Å². The van der Waals surface area contributed by atoms with E-state index < -0.39 is 0 Å². The number of hydrogen-bond donors (Lipinski definition) is 2. The van der Waals surface area contributed by atoms with Crippen LogP contribution in [-0.4, -0.2) is 22.6 Å². The fraction of sp³-hybridized carbons (Fsp3) is 0.0870. The number of aromatic nitrogens is 1. The summed E-state index contributed by atoms with van der Waals surface area (Å²) in [5, 5.41) is 7.44. The first kappa shape index (κ1) is 19.7. The van der Waals surface area contributed by atoms with Crippen LogP contribution in [0.15, 0.2) is 88.5 Å². The van der Waals surface area contributed by atoms with Crippen molar-refractivity contribution in [3.8, 4) is 0 Å². The van der Waals surface area contributed by atoms with E-state index in [0.29, 0.717) is 17.0 Å². The van der Waals surface area contributed by atoms with Crippen LogP contribution >= 0.6 is 11.8 Å². The lowest BCUT2D eigenvalue weighted by molar-refractivity contribution is -0.113. The first-order chi connectivity index (χ1) is 14.7. The molecule has 6 nitrogen and oxygen atoms in total. The second kappa shape index (κ2) is 9.28. The molecule has 0 atom stereocenters. The van der Waals surface area contributed by atoms with E-state index in [1.807, 2.05) is 36.4 Å². The number of pyridine rings is 1. The van der Waals surface area contributed by atoms with Crippen molar-refractivity contribution >= 4 is 40.2 Å². The molecule has 0 radical (unpaired) electrons. The molecule has 2 N–H and O–H groups in total. The SMILES string of the molecule is O=C(CSc1ccc2ccccc2n1)Nc1ccccc1C(=O)NCc1ccco1. The highest BCUT2D eigenvalue weighted by atomic mass is 32.2. The number of nitrogens with zero attached hydrogens (tertiary/aromatic N) is 1. The molecular formula is C23H19N3O3S. The normalized spacial score (nSPS) is 10.7. The van der Waals surface area contributed by atoms with Gasteiger partial charge in [-0.1, -0.05) is 48.2 Å². The summed E-state index contributed by atoms with van der Waals surface area (Å²) in [5.41, 5.74) is 1.75. The maximum Gasteiger partial charge on any atom is 0.253 e. The minimum atomic E-state index is -0.286. The molecule has 0 spiro atoms. The number of carbonyl (C=O) groups is 2. The van der Waals surface area contributed by atoms with E-state index in [2.05, 4.69) is 15.6 Å². The zero-order valence-corrected chi connectivity index (χ0v) is 16.8. The van der Waals surface area contributed by atoms with Crippen molar-refractivity contribution in [2.75, 3.05) is 11.1 Å². The monoisotopic (exact) mass is 417 g/mol. The third-order valence-corrected chi connectivity index (χ3v) is 5.30. The molecule has 2 amide bonds. The number of hydrogen-bond acceptors (Lipinski definition) is 5. The maximum absolute atomic E-state index is 12.5. The average Bonchev–Trinajstić information content (AvgIpc) is 3.30. The summed E-state index contributed by atoms with van der Waals surface area (Å²) in [6.07, 6.45) is 1.55. The third-order valence-electron chi connectivity index (χ3n) is 4.37. The third kappa shape index (κ3) is 4.87. The van der Waals surface area contributed by atoms with Gasteiger partial charge in [-0.2, -0.15) is 0 Å². The quantitative estimate of drug-likeness (QED) is 0.433. The number of benzene rings is 2. The number of furan rings is 1. The van der Waals surface area contributed by atoms with Crippen LogP contribution in [0, 0.1) is 0 Å². The van der Waals surface area contributed by atoms with Gasteiger partial charge in [-0.25, -0.2) is 4.98 Å². The van der Waals surface area contributed by atoms with Crippen molar-refractivity contribution in [2.45, 2.75) is 11.6 Å². The van der Waals surface area contributed by atoms with E-state index in [1.165, 1.54) is 11.8 Å².